The lowest BCUT2D eigenvalue weighted by molar-refractivity contribution is 0.668. The standard InChI is InChI=1S/C15H19N3/c1-11(2)7-8-17-15-13(10-16)9-12-5-3-4-6-14(12)18-15/h7,9H,3-6,8H2,1-2H3,(H,17,18). The lowest BCUT2D eigenvalue weighted by atomic mass is 9.95. The molecule has 1 aromatic rings. The number of anilines is 1. The number of rotatable bonds is 3. The van der Waals surface area contributed by atoms with Gasteiger partial charge in [0.2, 0.25) is 0 Å². The van der Waals surface area contributed by atoms with Crippen molar-refractivity contribution >= 4 is 5.82 Å². The number of allylic oxidation sites excluding steroid dienone is 1. The lowest BCUT2D eigenvalue weighted by Crippen LogP contribution is -2.10. The van der Waals surface area contributed by atoms with E-state index in [9.17, 15) is 5.26 Å². The lowest BCUT2D eigenvalue weighted by Gasteiger charge is -2.17. The van der Waals surface area contributed by atoms with Crippen molar-refractivity contribution < 1.29 is 0 Å². The minimum Gasteiger partial charge on any atom is -0.365 e. The highest BCUT2D eigenvalue weighted by molar-refractivity contribution is 5.55. The molecule has 1 N–H and O–H groups in total. The summed E-state index contributed by atoms with van der Waals surface area (Å²) in [5.41, 5.74) is 4.35. The fraction of sp³-hybridized carbons (Fsp3) is 0.467. The van der Waals surface area contributed by atoms with E-state index in [-0.39, 0.29) is 0 Å². The molecular formula is C15H19N3. The smallest absolute Gasteiger partial charge is 0.144 e. The Morgan fingerprint density at radius 3 is 2.94 bits per heavy atom. The number of nitrogens with one attached hydrogen (secondary N) is 1. The van der Waals surface area contributed by atoms with Gasteiger partial charge in [-0.1, -0.05) is 11.6 Å². The quantitative estimate of drug-likeness (QED) is 0.827. The fourth-order valence-corrected chi connectivity index (χ4v) is 2.21. The molecule has 3 heteroatoms. The Balaban J connectivity index is 2.23. The number of aryl methyl sites for hydroxylation is 2. The Labute approximate surface area is 109 Å². The van der Waals surface area contributed by atoms with Crippen molar-refractivity contribution in [2.24, 2.45) is 0 Å². The number of fused-ring (bicyclic) bond motifs is 1. The maximum atomic E-state index is 9.18. The summed E-state index contributed by atoms with van der Waals surface area (Å²) in [4.78, 5) is 4.62. The Hall–Kier alpha value is -1.82. The molecule has 1 heterocycles. The van der Waals surface area contributed by atoms with Crippen molar-refractivity contribution in [3.63, 3.8) is 0 Å². The van der Waals surface area contributed by atoms with Crippen LogP contribution in [0.25, 0.3) is 0 Å². The topological polar surface area (TPSA) is 48.7 Å². The summed E-state index contributed by atoms with van der Waals surface area (Å²) >= 11 is 0. The highest BCUT2D eigenvalue weighted by atomic mass is 15.0. The first-order valence-electron chi connectivity index (χ1n) is 6.51. The fourth-order valence-electron chi connectivity index (χ4n) is 2.21. The van der Waals surface area contributed by atoms with Crippen LogP contribution in [-0.2, 0) is 12.8 Å². The van der Waals surface area contributed by atoms with Crippen LogP contribution in [0.3, 0.4) is 0 Å². The largest absolute Gasteiger partial charge is 0.365 e. The predicted molar refractivity (Wildman–Crippen MR) is 73.5 cm³/mol. The van der Waals surface area contributed by atoms with Crippen LogP contribution in [-0.4, -0.2) is 11.5 Å². The van der Waals surface area contributed by atoms with Gasteiger partial charge in [0.1, 0.15) is 11.9 Å². The Morgan fingerprint density at radius 1 is 1.44 bits per heavy atom. The van der Waals surface area contributed by atoms with Gasteiger partial charge in [-0.2, -0.15) is 5.26 Å². The van der Waals surface area contributed by atoms with Crippen molar-refractivity contribution in [2.45, 2.75) is 39.5 Å². The van der Waals surface area contributed by atoms with Crippen LogP contribution in [0, 0.1) is 11.3 Å². The van der Waals surface area contributed by atoms with Crippen LogP contribution in [0.2, 0.25) is 0 Å². The molecule has 3 nitrogen and oxygen atoms in total. The van der Waals surface area contributed by atoms with Gasteiger partial charge >= 0.3 is 0 Å². The van der Waals surface area contributed by atoms with E-state index >= 15 is 0 Å². The third-order valence-corrected chi connectivity index (χ3v) is 3.20. The maximum Gasteiger partial charge on any atom is 0.144 e. The molecule has 1 aliphatic rings. The van der Waals surface area contributed by atoms with Crippen molar-refractivity contribution in [3.05, 3.63) is 34.5 Å². The normalized spacial score (nSPS) is 13.4. The zero-order valence-electron chi connectivity index (χ0n) is 11.1. The summed E-state index contributed by atoms with van der Waals surface area (Å²) in [7, 11) is 0. The molecule has 0 bridgehead atoms. The van der Waals surface area contributed by atoms with Gasteiger partial charge in [0.15, 0.2) is 0 Å². The summed E-state index contributed by atoms with van der Waals surface area (Å²) in [6.45, 7) is 4.85. The monoisotopic (exact) mass is 241 g/mol. The van der Waals surface area contributed by atoms with Crippen molar-refractivity contribution in [3.8, 4) is 6.07 Å². The summed E-state index contributed by atoms with van der Waals surface area (Å²) in [5.74, 6) is 0.732. The van der Waals surface area contributed by atoms with Crippen LogP contribution < -0.4 is 5.32 Å². The van der Waals surface area contributed by atoms with Crippen molar-refractivity contribution in [1.82, 2.24) is 4.98 Å². The highest BCUT2D eigenvalue weighted by Crippen LogP contribution is 2.24. The molecule has 0 saturated heterocycles. The number of nitrogens with zero attached hydrogens (tertiary/aromatic N) is 2. The van der Waals surface area contributed by atoms with Crippen molar-refractivity contribution in [2.75, 3.05) is 11.9 Å². The second-order valence-electron chi connectivity index (χ2n) is 4.97. The van der Waals surface area contributed by atoms with Gasteiger partial charge in [0, 0.05) is 12.2 Å². The maximum absolute atomic E-state index is 9.18. The number of hydrogen-bond donors (Lipinski definition) is 1. The Morgan fingerprint density at radius 2 is 2.22 bits per heavy atom. The molecule has 0 fully saturated rings. The molecule has 1 aliphatic carbocycles. The molecule has 0 saturated carbocycles. The molecule has 0 atom stereocenters. The number of pyridine rings is 1. The summed E-state index contributed by atoms with van der Waals surface area (Å²) < 4.78 is 0. The van der Waals surface area contributed by atoms with E-state index in [1.807, 2.05) is 6.07 Å². The minimum absolute atomic E-state index is 0.665. The first-order chi connectivity index (χ1) is 8.70. The summed E-state index contributed by atoms with van der Waals surface area (Å²) in [6.07, 6.45) is 6.62. The van der Waals surface area contributed by atoms with E-state index in [0.717, 1.165) is 25.2 Å². The Kier molecular flexibility index (Phi) is 3.99. The first kappa shape index (κ1) is 12.6. The molecule has 0 radical (unpaired) electrons. The van der Waals surface area contributed by atoms with Gasteiger partial charge in [0.05, 0.1) is 5.56 Å². The van der Waals surface area contributed by atoms with Crippen LogP contribution in [0.4, 0.5) is 5.82 Å². The molecule has 0 amide bonds. The van der Waals surface area contributed by atoms with E-state index in [4.69, 9.17) is 0 Å². The molecule has 18 heavy (non-hydrogen) atoms. The van der Waals surface area contributed by atoms with Crippen LogP contribution in [0.5, 0.6) is 0 Å². The van der Waals surface area contributed by atoms with E-state index in [0.29, 0.717) is 5.56 Å². The average Bonchev–Trinajstić information content (AvgIpc) is 2.37. The van der Waals surface area contributed by atoms with Gasteiger partial charge in [-0.15, -0.1) is 0 Å². The molecule has 0 aromatic carbocycles. The van der Waals surface area contributed by atoms with Gasteiger partial charge < -0.3 is 5.32 Å². The average molecular weight is 241 g/mol. The molecule has 0 unspecified atom stereocenters. The molecule has 0 aliphatic heterocycles. The Bertz CT molecular complexity index is 505. The van der Waals surface area contributed by atoms with Crippen LogP contribution in [0.15, 0.2) is 17.7 Å². The third kappa shape index (κ3) is 2.89. The van der Waals surface area contributed by atoms with E-state index < -0.39 is 0 Å². The van der Waals surface area contributed by atoms with Gasteiger partial charge in [-0.05, 0) is 51.2 Å². The van der Waals surface area contributed by atoms with Gasteiger partial charge in [-0.25, -0.2) is 4.98 Å². The van der Waals surface area contributed by atoms with Gasteiger partial charge in [-0.3, -0.25) is 0 Å². The van der Waals surface area contributed by atoms with Crippen LogP contribution >= 0.6 is 0 Å². The zero-order chi connectivity index (χ0) is 13.0. The third-order valence-electron chi connectivity index (χ3n) is 3.20. The molecule has 0 spiro atoms. The van der Waals surface area contributed by atoms with E-state index in [1.165, 1.54) is 29.7 Å². The first-order valence-corrected chi connectivity index (χ1v) is 6.51. The van der Waals surface area contributed by atoms with Crippen LogP contribution in [0.1, 0.15) is 43.5 Å². The van der Waals surface area contributed by atoms with Gasteiger partial charge in [0.25, 0.3) is 0 Å². The van der Waals surface area contributed by atoms with E-state index in [2.05, 4.69) is 36.3 Å². The number of hydrogen-bond acceptors (Lipinski definition) is 3. The summed E-state index contributed by atoms with van der Waals surface area (Å²) in [5, 5.41) is 12.4. The highest BCUT2D eigenvalue weighted by Gasteiger charge is 2.14. The minimum atomic E-state index is 0.665. The number of nitriles is 1. The predicted octanol–water partition coefficient (Wildman–Crippen LogP) is 3.21. The van der Waals surface area contributed by atoms with Crippen molar-refractivity contribution in [1.29, 1.82) is 5.26 Å². The SMILES string of the molecule is CC(C)=CCNc1nc2c(cc1C#N)CCCC2. The second-order valence-corrected chi connectivity index (χ2v) is 4.97. The second kappa shape index (κ2) is 5.68. The zero-order valence-corrected chi connectivity index (χ0v) is 11.1. The molecular weight excluding hydrogens is 222 g/mol. The molecule has 2 rings (SSSR count). The number of aromatic nitrogens is 1. The summed E-state index contributed by atoms with van der Waals surface area (Å²) in [6, 6.07) is 4.24. The van der Waals surface area contributed by atoms with E-state index in [1.54, 1.807) is 0 Å². The molecule has 1 aromatic heterocycles. The molecule has 94 valence electrons.